The minimum absolute atomic E-state index is 0.268. The average molecular weight is 230 g/mol. The first-order valence-electron chi connectivity index (χ1n) is 5.98. The van der Waals surface area contributed by atoms with Crippen LogP contribution in [-0.2, 0) is 0 Å². The van der Waals surface area contributed by atoms with Gasteiger partial charge >= 0.3 is 0 Å². The van der Waals surface area contributed by atoms with E-state index in [1.54, 1.807) is 0 Å². The first-order valence-corrected chi connectivity index (χ1v) is 6.39. The summed E-state index contributed by atoms with van der Waals surface area (Å²) >= 11 is 5.20. The molecule has 0 atom stereocenters. The normalized spacial score (nSPS) is 17.4. The number of nitrogens with one attached hydrogen (secondary N) is 2. The van der Waals surface area contributed by atoms with Crippen LogP contribution in [0, 0.1) is 0 Å². The van der Waals surface area contributed by atoms with Crippen molar-refractivity contribution in [2.24, 2.45) is 0 Å². The molecule has 0 unspecified atom stereocenters. The van der Waals surface area contributed by atoms with E-state index in [1.165, 1.54) is 32.1 Å². The van der Waals surface area contributed by atoms with Crippen LogP contribution in [0.5, 0.6) is 0 Å². The summed E-state index contributed by atoms with van der Waals surface area (Å²) in [7, 11) is 0. The molecule has 0 radical (unpaired) electrons. The number of thiocarbonyl (C=S) groups is 1. The van der Waals surface area contributed by atoms with E-state index >= 15 is 0 Å². The molecule has 0 amide bonds. The van der Waals surface area contributed by atoms with Crippen molar-refractivity contribution in [2.45, 2.75) is 51.0 Å². The van der Waals surface area contributed by atoms with Gasteiger partial charge in [-0.3, -0.25) is 0 Å². The lowest BCUT2D eigenvalue weighted by Crippen LogP contribution is -2.42. The van der Waals surface area contributed by atoms with E-state index in [4.69, 9.17) is 17.3 Å². The van der Waals surface area contributed by atoms with Gasteiger partial charge in [0.15, 0.2) is 5.11 Å². The van der Waals surface area contributed by atoms with Crippen LogP contribution >= 0.6 is 12.2 Å². The maximum atomic E-state index is 8.62. The summed E-state index contributed by atoms with van der Waals surface area (Å²) in [5.74, 6) is 0. The van der Waals surface area contributed by atoms with Crippen molar-refractivity contribution in [3.8, 4) is 0 Å². The lowest BCUT2D eigenvalue weighted by molar-refractivity contribution is 0.284. The van der Waals surface area contributed by atoms with Gasteiger partial charge in [-0.1, -0.05) is 19.3 Å². The Morgan fingerprint density at radius 2 is 1.93 bits per heavy atom. The third-order valence-electron chi connectivity index (χ3n) is 2.81. The molecule has 1 rings (SSSR count). The van der Waals surface area contributed by atoms with E-state index < -0.39 is 0 Å². The number of rotatable bonds is 5. The fraction of sp³-hybridized carbons (Fsp3) is 0.909. The van der Waals surface area contributed by atoms with E-state index in [0.29, 0.717) is 6.04 Å². The molecule has 1 fully saturated rings. The van der Waals surface area contributed by atoms with Crippen molar-refractivity contribution in [1.82, 2.24) is 10.6 Å². The van der Waals surface area contributed by atoms with Crippen molar-refractivity contribution in [1.29, 1.82) is 0 Å². The minimum Gasteiger partial charge on any atom is -0.396 e. The van der Waals surface area contributed by atoms with Gasteiger partial charge in [-0.2, -0.15) is 0 Å². The third kappa shape index (κ3) is 5.95. The fourth-order valence-corrected chi connectivity index (χ4v) is 2.19. The van der Waals surface area contributed by atoms with Crippen LogP contribution in [-0.4, -0.2) is 29.4 Å². The Kier molecular flexibility index (Phi) is 6.68. The van der Waals surface area contributed by atoms with Gasteiger partial charge in [0.05, 0.1) is 0 Å². The van der Waals surface area contributed by atoms with Gasteiger partial charge in [-0.15, -0.1) is 0 Å². The van der Waals surface area contributed by atoms with Gasteiger partial charge in [0.25, 0.3) is 0 Å². The largest absolute Gasteiger partial charge is 0.396 e. The summed E-state index contributed by atoms with van der Waals surface area (Å²) in [6.45, 7) is 1.13. The molecule has 0 bridgehead atoms. The number of unbranched alkanes of at least 4 members (excludes halogenated alkanes) is 1. The zero-order valence-corrected chi connectivity index (χ0v) is 10.1. The molecule has 3 nitrogen and oxygen atoms in total. The second-order valence-corrected chi connectivity index (χ2v) is 4.57. The Morgan fingerprint density at radius 3 is 2.60 bits per heavy atom. The summed E-state index contributed by atoms with van der Waals surface area (Å²) in [5, 5.41) is 15.9. The molecule has 0 aliphatic heterocycles. The van der Waals surface area contributed by atoms with Crippen LogP contribution in [0.3, 0.4) is 0 Å². The standard InChI is InChI=1S/C11H22N2OS/c14-9-5-4-8-12-11(15)13-10-6-2-1-3-7-10/h10,14H,1-9H2,(H2,12,13,15). The van der Waals surface area contributed by atoms with E-state index in [-0.39, 0.29) is 6.61 Å². The lowest BCUT2D eigenvalue weighted by Gasteiger charge is -2.24. The molecule has 1 aliphatic carbocycles. The van der Waals surface area contributed by atoms with Crippen molar-refractivity contribution >= 4 is 17.3 Å². The van der Waals surface area contributed by atoms with Gasteiger partial charge in [-0.25, -0.2) is 0 Å². The van der Waals surface area contributed by atoms with Crippen molar-refractivity contribution in [2.75, 3.05) is 13.2 Å². The lowest BCUT2D eigenvalue weighted by atomic mass is 9.96. The topological polar surface area (TPSA) is 44.3 Å². The van der Waals surface area contributed by atoms with E-state index in [1.807, 2.05) is 0 Å². The zero-order valence-electron chi connectivity index (χ0n) is 9.30. The Morgan fingerprint density at radius 1 is 1.20 bits per heavy atom. The van der Waals surface area contributed by atoms with Crippen LogP contribution < -0.4 is 10.6 Å². The molecule has 0 heterocycles. The van der Waals surface area contributed by atoms with E-state index in [9.17, 15) is 0 Å². The second kappa shape index (κ2) is 7.88. The van der Waals surface area contributed by atoms with Gasteiger partial charge in [0, 0.05) is 19.2 Å². The van der Waals surface area contributed by atoms with E-state index in [2.05, 4.69) is 10.6 Å². The minimum atomic E-state index is 0.268. The molecule has 1 saturated carbocycles. The molecular formula is C11H22N2OS. The summed E-state index contributed by atoms with van der Waals surface area (Å²) < 4.78 is 0. The predicted molar refractivity (Wildman–Crippen MR) is 66.9 cm³/mol. The zero-order chi connectivity index (χ0) is 10.9. The van der Waals surface area contributed by atoms with Crippen LogP contribution in [0.4, 0.5) is 0 Å². The molecule has 1 aliphatic rings. The number of aliphatic hydroxyl groups is 1. The number of hydrogen-bond donors (Lipinski definition) is 3. The molecule has 3 N–H and O–H groups in total. The van der Waals surface area contributed by atoms with Gasteiger partial charge in [0.2, 0.25) is 0 Å². The monoisotopic (exact) mass is 230 g/mol. The highest BCUT2D eigenvalue weighted by Gasteiger charge is 2.13. The summed E-state index contributed by atoms with van der Waals surface area (Å²) in [6, 6.07) is 0.580. The molecule has 88 valence electrons. The second-order valence-electron chi connectivity index (χ2n) is 4.17. The van der Waals surface area contributed by atoms with Crippen molar-refractivity contribution < 1.29 is 5.11 Å². The van der Waals surface area contributed by atoms with Crippen molar-refractivity contribution in [3.63, 3.8) is 0 Å². The van der Waals surface area contributed by atoms with Crippen LogP contribution in [0.2, 0.25) is 0 Å². The predicted octanol–water partition coefficient (Wildman–Crippen LogP) is 1.56. The molecule has 0 aromatic rings. The smallest absolute Gasteiger partial charge is 0.166 e. The molecule has 4 heteroatoms. The maximum Gasteiger partial charge on any atom is 0.166 e. The maximum absolute atomic E-state index is 8.62. The Labute approximate surface area is 97.6 Å². The molecular weight excluding hydrogens is 208 g/mol. The van der Waals surface area contributed by atoms with Gasteiger partial charge in [0.1, 0.15) is 0 Å². The quantitative estimate of drug-likeness (QED) is 0.495. The highest BCUT2D eigenvalue weighted by atomic mass is 32.1. The average Bonchev–Trinajstić information content (AvgIpc) is 2.26. The summed E-state index contributed by atoms with van der Waals surface area (Å²) in [5.41, 5.74) is 0. The summed E-state index contributed by atoms with van der Waals surface area (Å²) in [4.78, 5) is 0. The Hall–Kier alpha value is -0.350. The van der Waals surface area contributed by atoms with Crippen molar-refractivity contribution in [3.05, 3.63) is 0 Å². The van der Waals surface area contributed by atoms with E-state index in [0.717, 1.165) is 24.5 Å². The molecule has 0 saturated heterocycles. The number of aliphatic hydroxyl groups excluding tert-OH is 1. The first kappa shape index (κ1) is 12.7. The SMILES string of the molecule is OCCCCNC(=S)NC1CCCCC1. The van der Waals surface area contributed by atoms with Crippen LogP contribution in [0.1, 0.15) is 44.9 Å². The molecule has 0 spiro atoms. The molecule has 15 heavy (non-hydrogen) atoms. The number of hydrogen-bond acceptors (Lipinski definition) is 2. The summed E-state index contributed by atoms with van der Waals surface area (Å²) in [6.07, 6.45) is 8.34. The molecule has 0 aromatic heterocycles. The third-order valence-corrected chi connectivity index (χ3v) is 3.07. The van der Waals surface area contributed by atoms with Crippen LogP contribution in [0.15, 0.2) is 0 Å². The Bertz CT molecular complexity index is 181. The fourth-order valence-electron chi connectivity index (χ4n) is 1.92. The van der Waals surface area contributed by atoms with Gasteiger partial charge in [-0.05, 0) is 37.9 Å². The first-order chi connectivity index (χ1) is 7.33. The van der Waals surface area contributed by atoms with Gasteiger partial charge < -0.3 is 15.7 Å². The highest BCUT2D eigenvalue weighted by molar-refractivity contribution is 7.80. The highest BCUT2D eigenvalue weighted by Crippen LogP contribution is 2.17. The van der Waals surface area contributed by atoms with Crippen LogP contribution in [0.25, 0.3) is 0 Å². The Balaban J connectivity index is 2.01. The molecule has 0 aromatic carbocycles.